The standard InChI is InChI=1S/C47H64F3N6O7P/c1-3-5-6-7-8-9-10-11-12-13-14-15-16-17-18-19-20-24-27-60-45(58)39(30-35-28-36(48)31-37(49)29-35)55-64(59,63-38-25-22-21-23-26-38)61-33-47(4-2)40(57)32-41(62-47)56-34-52-42-43(51)53-46(50)54-44(42)56/h2,21-23,25-26,28-29,31,34,39-41,57H,3,5-20,24,27,30,32-33H2,1H3,(H,55,59)(H2,51,53,54)/t39-,40-,41+,47+,64?/m0/s1. The maximum atomic E-state index is 14.7. The highest BCUT2D eigenvalue weighted by Gasteiger charge is 2.50. The van der Waals surface area contributed by atoms with Gasteiger partial charge in [-0.05, 0) is 42.7 Å². The van der Waals surface area contributed by atoms with Gasteiger partial charge in [0.25, 0.3) is 0 Å². The predicted octanol–water partition coefficient (Wildman–Crippen LogP) is 10.5. The third-order valence-corrected chi connectivity index (χ3v) is 13.0. The third-order valence-electron chi connectivity index (χ3n) is 11.4. The fourth-order valence-electron chi connectivity index (χ4n) is 7.85. The second-order valence-corrected chi connectivity index (χ2v) is 18.3. The van der Waals surface area contributed by atoms with Crippen molar-refractivity contribution < 1.29 is 46.2 Å². The van der Waals surface area contributed by atoms with Crippen LogP contribution in [0.4, 0.5) is 19.0 Å². The summed E-state index contributed by atoms with van der Waals surface area (Å²) in [6, 6.07) is 9.22. The molecule has 0 aliphatic carbocycles. The van der Waals surface area contributed by atoms with Gasteiger partial charge in [0, 0.05) is 12.5 Å². The van der Waals surface area contributed by atoms with Crippen LogP contribution in [-0.4, -0.2) is 61.6 Å². The van der Waals surface area contributed by atoms with Gasteiger partial charge >= 0.3 is 19.8 Å². The molecule has 1 saturated heterocycles. The first-order valence-corrected chi connectivity index (χ1v) is 24.4. The third kappa shape index (κ3) is 15.6. The summed E-state index contributed by atoms with van der Waals surface area (Å²) in [5.74, 6) is -0.350. The Morgan fingerprint density at radius 3 is 2.09 bits per heavy atom. The number of unbranched alkanes of at least 4 members (excludes halogenated alkanes) is 17. The molecule has 1 aliphatic heterocycles. The topological polar surface area (TPSA) is 173 Å². The molecule has 1 fully saturated rings. The number of hydrogen-bond acceptors (Lipinski definition) is 11. The van der Waals surface area contributed by atoms with E-state index in [0.717, 1.165) is 37.8 Å². The molecule has 13 nitrogen and oxygen atoms in total. The van der Waals surface area contributed by atoms with Crippen molar-refractivity contribution >= 4 is 30.7 Å². The summed E-state index contributed by atoms with van der Waals surface area (Å²) in [7, 11) is -4.69. The number of nitrogens with zero attached hydrogens (tertiary/aromatic N) is 4. The van der Waals surface area contributed by atoms with E-state index < -0.39 is 62.0 Å². The molecule has 17 heteroatoms. The van der Waals surface area contributed by atoms with Crippen molar-refractivity contribution in [1.29, 1.82) is 0 Å². The minimum absolute atomic E-state index is 0.0177. The van der Waals surface area contributed by atoms with Gasteiger partial charge in [0.05, 0.1) is 12.9 Å². The van der Waals surface area contributed by atoms with E-state index in [1.54, 1.807) is 18.2 Å². The molecule has 64 heavy (non-hydrogen) atoms. The number of imidazole rings is 1. The number of aliphatic hydroxyl groups excluding tert-OH is 1. The van der Waals surface area contributed by atoms with Crippen molar-refractivity contribution in [2.45, 2.75) is 159 Å². The first-order valence-electron chi connectivity index (χ1n) is 22.8. The molecular formula is C47H64F3N6O7P. The summed E-state index contributed by atoms with van der Waals surface area (Å²) in [5, 5.41) is 13.9. The van der Waals surface area contributed by atoms with Crippen molar-refractivity contribution in [1.82, 2.24) is 24.6 Å². The van der Waals surface area contributed by atoms with Crippen molar-refractivity contribution in [2.24, 2.45) is 0 Å². The molecule has 1 aliphatic rings. The Balaban J connectivity index is 1.15. The SMILES string of the molecule is C#C[C@]1(COP(=O)(N[C@@H](Cc2cc(F)cc(F)c2)C(=O)OCCCCCCCCCCCCCCCCCCCC)Oc2ccccc2)O[C@@H](n2cnc3c(N)nc(F)nc32)C[C@@H]1O. The van der Waals surface area contributed by atoms with Crippen molar-refractivity contribution in [3.05, 3.63) is 78.1 Å². The quantitative estimate of drug-likeness (QED) is 0.0149. The summed E-state index contributed by atoms with van der Waals surface area (Å²) in [5.41, 5.74) is 4.01. The van der Waals surface area contributed by atoms with E-state index in [0.29, 0.717) is 12.5 Å². The molecule has 1 unspecified atom stereocenters. The van der Waals surface area contributed by atoms with Gasteiger partial charge in [-0.25, -0.2) is 18.3 Å². The number of aromatic nitrogens is 4. The number of rotatable bonds is 30. The van der Waals surface area contributed by atoms with Crippen LogP contribution in [-0.2, 0) is 29.8 Å². The van der Waals surface area contributed by atoms with Crippen LogP contribution >= 0.6 is 7.75 Å². The minimum atomic E-state index is -4.69. The number of anilines is 1. The molecule has 0 radical (unpaired) electrons. The Labute approximate surface area is 375 Å². The first kappa shape index (κ1) is 50.5. The zero-order chi connectivity index (χ0) is 45.8. The van der Waals surface area contributed by atoms with E-state index in [9.17, 15) is 27.6 Å². The summed E-state index contributed by atoms with van der Waals surface area (Å²) in [4.78, 5) is 25.1. The second-order valence-electron chi connectivity index (χ2n) is 16.6. The number of aliphatic hydroxyl groups is 1. The lowest BCUT2D eigenvalue weighted by molar-refractivity contribution is -0.146. The van der Waals surface area contributed by atoms with Gasteiger partial charge in [0.1, 0.15) is 42.4 Å². The lowest BCUT2D eigenvalue weighted by atomic mass is 9.99. The molecule has 0 saturated carbocycles. The van der Waals surface area contributed by atoms with E-state index in [1.807, 2.05) is 0 Å². The number of nitrogens with one attached hydrogen (secondary N) is 1. The van der Waals surface area contributed by atoms with E-state index in [2.05, 4.69) is 32.9 Å². The molecule has 2 aromatic carbocycles. The van der Waals surface area contributed by atoms with Gasteiger partial charge in [-0.2, -0.15) is 19.4 Å². The van der Waals surface area contributed by atoms with Crippen LogP contribution in [0.25, 0.3) is 11.2 Å². The number of ether oxygens (including phenoxy) is 2. The van der Waals surface area contributed by atoms with Crippen LogP contribution in [0, 0.1) is 30.1 Å². The van der Waals surface area contributed by atoms with Crippen LogP contribution in [0.15, 0.2) is 54.9 Å². The van der Waals surface area contributed by atoms with Gasteiger partial charge in [0.15, 0.2) is 22.6 Å². The lowest BCUT2D eigenvalue weighted by Crippen LogP contribution is -2.44. The zero-order valence-corrected chi connectivity index (χ0v) is 37.8. The van der Waals surface area contributed by atoms with Crippen molar-refractivity contribution in [2.75, 3.05) is 18.9 Å². The number of esters is 1. The number of terminal acetylenes is 1. The summed E-state index contributed by atoms with van der Waals surface area (Å²) >= 11 is 0. The Bertz CT molecular complexity index is 2120. The number of carbonyl (C=O) groups excluding carboxylic acids is 1. The fourth-order valence-corrected chi connectivity index (χ4v) is 9.37. The number of benzene rings is 2. The highest BCUT2D eigenvalue weighted by atomic mass is 31.2. The van der Waals surface area contributed by atoms with Gasteiger partial charge in [-0.1, -0.05) is 140 Å². The van der Waals surface area contributed by atoms with Crippen LogP contribution < -0.4 is 15.3 Å². The second kappa shape index (κ2) is 25.8. The number of carbonyl (C=O) groups is 1. The monoisotopic (exact) mass is 912 g/mol. The molecule has 0 spiro atoms. The Morgan fingerprint density at radius 2 is 1.52 bits per heavy atom. The summed E-state index contributed by atoms with van der Waals surface area (Å²) in [6.45, 7) is 1.57. The predicted molar refractivity (Wildman–Crippen MR) is 239 cm³/mol. The molecular weight excluding hydrogens is 849 g/mol. The Morgan fingerprint density at radius 1 is 0.938 bits per heavy atom. The van der Waals surface area contributed by atoms with Crippen LogP contribution in [0.1, 0.15) is 141 Å². The van der Waals surface area contributed by atoms with Crippen LogP contribution in [0.3, 0.4) is 0 Å². The number of nitrogen functional groups attached to an aromatic ring is 1. The van der Waals surface area contributed by atoms with E-state index >= 15 is 0 Å². The molecule has 2 aromatic heterocycles. The number of para-hydroxylation sites is 1. The molecule has 4 N–H and O–H groups in total. The maximum Gasteiger partial charge on any atom is 0.459 e. The smallest absolute Gasteiger partial charge is 0.459 e. The van der Waals surface area contributed by atoms with Gasteiger partial charge < -0.3 is 24.8 Å². The number of nitrogens with two attached hydrogens (primary N) is 1. The average Bonchev–Trinajstić information content (AvgIpc) is 3.84. The number of hydrogen-bond donors (Lipinski definition) is 3. The zero-order valence-electron chi connectivity index (χ0n) is 36.9. The van der Waals surface area contributed by atoms with Crippen molar-refractivity contribution in [3.8, 4) is 18.1 Å². The molecule has 350 valence electrons. The largest absolute Gasteiger partial charge is 0.465 e. The lowest BCUT2D eigenvalue weighted by Gasteiger charge is -2.30. The summed E-state index contributed by atoms with van der Waals surface area (Å²) in [6.07, 6.45) is 24.9. The molecule has 0 amide bonds. The fraction of sp³-hybridized carbons (Fsp3) is 0.574. The Hall–Kier alpha value is -4.52. The van der Waals surface area contributed by atoms with E-state index in [-0.39, 0.29) is 47.7 Å². The number of fused-ring (bicyclic) bond motifs is 1. The molecule has 5 atom stereocenters. The van der Waals surface area contributed by atoms with Crippen LogP contribution in [0.5, 0.6) is 5.75 Å². The van der Waals surface area contributed by atoms with Gasteiger partial charge in [-0.15, -0.1) is 6.42 Å². The molecule has 0 bridgehead atoms. The molecule has 4 aromatic rings. The Kier molecular flexibility index (Phi) is 20.4. The highest BCUT2D eigenvalue weighted by molar-refractivity contribution is 7.52. The average molecular weight is 913 g/mol. The van der Waals surface area contributed by atoms with E-state index in [4.69, 9.17) is 30.7 Å². The maximum absolute atomic E-state index is 14.7. The number of halogens is 3. The first-order chi connectivity index (χ1) is 30.9. The molecule has 5 rings (SSSR count). The van der Waals surface area contributed by atoms with E-state index in [1.165, 1.54) is 106 Å². The normalized spacial score (nSPS) is 18.8. The van der Waals surface area contributed by atoms with Gasteiger partial charge in [-0.3, -0.25) is 13.9 Å². The molecule has 3 heterocycles. The van der Waals surface area contributed by atoms with Gasteiger partial charge in [0.2, 0.25) is 0 Å². The minimum Gasteiger partial charge on any atom is -0.465 e. The summed E-state index contributed by atoms with van der Waals surface area (Å²) < 4.78 is 82.4. The van der Waals surface area contributed by atoms with Crippen LogP contribution in [0.2, 0.25) is 0 Å². The highest BCUT2D eigenvalue weighted by Crippen LogP contribution is 2.48. The van der Waals surface area contributed by atoms with Crippen molar-refractivity contribution in [3.63, 3.8) is 0 Å².